The van der Waals surface area contributed by atoms with E-state index in [0.717, 1.165) is 15.7 Å². The van der Waals surface area contributed by atoms with Crippen molar-refractivity contribution in [1.29, 1.82) is 0 Å². The third-order valence-corrected chi connectivity index (χ3v) is 4.20. The molecule has 0 aliphatic carbocycles. The number of halogens is 3. The zero-order chi connectivity index (χ0) is 12.6. The first kappa shape index (κ1) is 13.0. The molecule has 7 heteroatoms. The predicted octanol–water partition coefficient (Wildman–Crippen LogP) is 3.04. The average molecular weight is 380 g/mol. The summed E-state index contributed by atoms with van der Waals surface area (Å²) in [6, 6.07) is 5.28. The van der Waals surface area contributed by atoms with Crippen molar-refractivity contribution >= 4 is 43.5 Å². The standard InChI is InChI=1S/C10H9Br2ClN4/c1-17-9(10(12)15-16-17)8(14)5-2-3-7(13)6(11)4-5/h2-4,8H,14H2,1H3. The molecule has 17 heavy (non-hydrogen) atoms. The average Bonchev–Trinajstić information content (AvgIpc) is 2.62. The molecule has 2 N–H and O–H groups in total. The van der Waals surface area contributed by atoms with Crippen molar-refractivity contribution < 1.29 is 0 Å². The van der Waals surface area contributed by atoms with Crippen LogP contribution in [0.3, 0.4) is 0 Å². The van der Waals surface area contributed by atoms with Gasteiger partial charge in [-0.3, -0.25) is 0 Å². The van der Waals surface area contributed by atoms with E-state index in [2.05, 4.69) is 42.2 Å². The van der Waals surface area contributed by atoms with E-state index in [-0.39, 0.29) is 6.04 Å². The van der Waals surface area contributed by atoms with E-state index in [1.165, 1.54) is 0 Å². The molecule has 0 saturated heterocycles. The largest absolute Gasteiger partial charge is 0.319 e. The Morgan fingerprint density at radius 3 is 2.65 bits per heavy atom. The number of aryl methyl sites for hydroxylation is 1. The molecule has 2 rings (SSSR count). The van der Waals surface area contributed by atoms with Gasteiger partial charge in [0.25, 0.3) is 0 Å². The summed E-state index contributed by atoms with van der Waals surface area (Å²) >= 11 is 12.7. The maximum absolute atomic E-state index is 6.19. The van der Waals surface area contributed by atoms with Crippen molar-refractivity contribution in [2.75, 3.05) is 0 Å². The fourth-order valence-corrected chi connectivity index (χ4v) is 2.62. The van der Waals surface area contributed by atoms with Gasteiger partial charge in [0.05, 0.1) is 16.8 Å². The molecule has 0 aliphatic heterocycles. The lowest BCUT2D eigenvalue weighted by Gasteiger charge is -2.13. The molecule has 4 nitrogen and oxygen atoms in total. The Bertz CT molecular complexity index is 536. The van der Waals surface area contributed by atoms with Crippen molar-refractivity contribution in [3.8, 4) is 0 Å². The highest BCUT2D eigenvalue weighted by molar-refractivity contribution is 9.10. The number of hydrogen-bond acceptors (Lipinski definition) is 3. The Kier molecular flexibility index (Phi) is 3.87. The van der Waals surface area contributed by atoms with Gasteiger partial charge in [-0.1, -0.05) is 22.9 Å². The molecule has 1 aromatic heterocycles. The first-order chi connectivity index (χ1) is 8.00. The van der Waals surface area contributed by atoms with Gasteiger partial charge in [-0.05, 0) is 49.6 Å². The fourth-order valence-electron chi connectivity index (χ4n) is 1.53. The van der Waals surface area contributed by atoms with Crippen LogP contribution < -0.4 is 5.73 Å². The van der Waals surface area contributed by atoms with Crippen LogP contribution in [-0.4, -0.2) is 15.0 Å². The minimum atomic E-state index is -0.307. The molecule has 0 bridgehead atoms. The summed E-state index contributed by atoms with van der Waals surface area (Å²) in [5.41, 5.74) is 7.94. The second-order valence-electron chi connectivity index (χ2n) is 3.54. The van der Waals surface area contributed by atoms with Crippen LogP contribution in [0.1, 0.15) is 17.3 Å². The monoisotopic (exact) mass is 378 g/mol. The minimum Gasteiger partial charge on any atom is -0.319 e. The van der Waals surface area contributed by atoms with E-state index >= 15 is 0 Å². The molecule has 1 atom stereocenters. The molecule has 0 spiro atoms. The molecule has 1 unspecified atom stereocenters. The van der Waals surface area contributed by atoms with E-state index in [0.29, 0.717) is 9.63 Å². The van der Waals surface area contributed by atoms with Crippen molar-refractivity contribution in [3.05, 3.63) is 43.6 Å². The van der Waals surface area contributed by atoms with Crippen LogP contribution in [0, 0.1) is 0 Å². The number of hydrogen-bond donors (Lipinski definition) is 1. The van der Waals surface area contributed by atoms with Crippen molar-refractivity contribution in [1.82, 2.24) is 15.0 Å². The number of rotatable bonds is 2. The van der Waals surface area contributed by atoms with Gasteiger partial charge >= 0.3 is 0 Å². The summed E-state index contributed by atoms with van der Waals surface area (Å²) in [6.45, 7) is 0. The zero-order valence-corrected chi connectivity index (χ0v) is 12.8. The topological polar surface area (TPSA) is 56.7 Å². The van der Waals surface area contributed by atoms with Crippen LogP contribution in [-0.2, 0) is 7.05 Å². The lowest BCUT2D eigenvalue weighted by atomic mass is 10.1. The molecule has 0 aliphatic rings. The first-order valence-electron chi connectivity index (χ1n) is 4.76. The van der Waals surface area contributed by atoms with Crippen LogP contribution >= 0.6 is 43.5 Å². The van der Waals surface area contributed by atoms with Crippen molar-refractivity contribution in [2.24, 2.45) is 12.8 Å². The second kappa shape index (κ2) is 5.06. The van der Waals surface area contributed by atoms with Crippen LogP contribution in [0.2, 0.25) is 5.02 Å². The van der Waals surface area contributed by atoms with Gasteiger partial charge in [-0.25, -0.2) is 4.68 Å². The number of nitrogens with two attached hydrogens (primary N) is 1. The van der Waals surface area contributed by atoms with Gasteiger partial charge in [0.1, 0.15) is 0 Å². The highest BCUT2D eigenvalue weighted by Gasteiger charge is 2.18. The fraction of sp³-hybridized carbons (Fsp3) is 0.200. The van der Waals surface area contributed by atoms with Gasteiger partial charge in [0.2, 0.25) is 0 Å². The molecule has 90 valence electrons. The Labute approximate surface area is 120 Å². The van der Waals surface area contributed by atoms with E-state index < -0.39 is 0 Å². The first-order valence-corrected chi connectivity index (χ1v) is 6.72. The Hall–Kier alpha value is -0.430. The Balaban J connectivity index is 2.43. The highest BCUT2D eigenvalue weighted by Crippen LogP contribution is 2.29. The van der Waals surface area contributed by atoms with E-state index in [4.69, 9.17) is 17.3 Å². The minimum absolute atomic E-state index is 0.307. The lowest BCUT2D eigenvalue weighted by molar-refractivity contribution is 0.650. The third kappa shape index (κ3) is 2.54. The normalized spacial score (nSPS) is 12.8. The van der Waals surface area contributed by atoms with Gasteiger partial charge in [0, 0.05) is 11.5 Å². The molecule has 2 aromatic rings. The quantitative estimate of drug-likeness (QED) is 0.871. The van der Waals surface area contributed by atoms with Crippen molar-refractivity contribution in [2.45, 2.75) is 6.04 Å². The number of benzene rings is 1. The van der Waals surface area contributed by atoms with Gasteiger partial charge in [0.15, 0.2) is 4.60 Å². The van der Waals surface area contributed by atoms with Crippen LogP contribution in [0.4, 0.5) is 0 Å². The van der Waals surface area contributed by atoms with Gasteiger partial charge in [-0.15, -0.1) is 5.10 Å². The molecular weight excluding hydrogens is 371 g/mol. The van der Waals surface area contributed by atoms with Crippen LogP contribution in [0.25, 0.3) is 0 Å². The number of aromatic nitrogens is 3. The van der Waals surface area contributed by atoms with Gasteiger partial charge < -0.3 is 5.73 Å². The summed E-state index contributed by atoms with van der Waals surface area (Å²) in [5, 5.41) is 8.47. The summed E-state index contributed by atoms with van der Waals surface area (Å²) in [4.78, 5) is 0. The third-order valence-electron chi connectivity index (χ3n) is 2.42. The molecule has 1 aromatic carbocycles. The van der Waals surface area contributed by atoms with E-state index in [9.17, 15) is 0 Å². The lowest BCUT2D eigenvalue weighted by Crippen LogP contribution is -2.16. The summed E-state index contributed by atoms with van der Waals surface area (Å²) in [6.07, 6.45) is 0. The van der Waals surface area contributed by atoms with Crippen LogP contribution in [0.5, 0.6) is 0 Å². The summed E-state index contributed by atoms with van der Waals surface area (Å²) in [5.74, 6) is 0. The zero-order valence-electron chi connectivity index (χ0n) is 8.86. The number of nitrogens with zero attached hydrogens (tertiary/aromatic N) is 3. The maximum Gasteiger partial charge on any atom is 0.153 e. The molecule has 1 heterocycles. The molecule has 0 radical (unpaired) electrons. The summed E-state index contributed by atoms with van der Waals surface area (Å²) in [7, 11) is 1.80. The highest BCUT2D eigenvalue weighted by atomic mass is 79.9. The van der Waals surface area contributed by atoms with E-state index in [1.807, 2.05) is 12.1 Å². The van der Waals surface area contributed by atoms with Crippen molar-refractivity contribution in [3.63, 3.8) is 0 Å². The molecule has 0 saturated carbocycles. The molecular formula is C10H9Br2ClN4. The van der Waals surface area contributed by atoms with Gasteiger partial charge in [-0.2, -0.15) is 0 Å². The maximum atomic E-state index is 6.19. The van der Waals surface area contributed by atoms with E-state index in [1.54, 1.807) is 17.8 Å². The second-order valence-corrected chi connectivity index (χ2v) is 5.55. The Morgan fingerprint density at radius 1 is 1.41 bits per heavy atom. The predicted molar refractivity (Wildman–Crippen MR) is 73.9 cm³/mol. The molecule has 0 fully saturated rings. The smallest absolute Gasteiger partial charge is 0.153 e. The summed E-state index contributed by atoms with van der Waals surface area (Å²) < 4.78 is 3.12. The SMILES string of the molecule is Cn1nnc(Br)c1C(N)c1ccc(Cl)c(Br)c1. The van der Waals surface area contributed by atoms with Crippen LogP contribution in [0.15, 0.2) is 27.3 Å². The Morgan fingerprint density at radius 2 is 2.12 bits per heavy atom. The molecule has 0 amide bonds.